The van der Waals surface area contributed by atoms with Gasteiger partial charge < -0.3 is 19.1 Å². The van der Waals surface area contributed by atoms with Gasteiger partial charge in [0.05, 0.1) is 13.2 Å². The first-order chi connectivity index (χ1) is 16.9. The molecule has 0 amide bonds. The molecule has 1 fully saturated rings. The van der Waals surface area contributed by atoms with Gasteiger partial charge in [-0.3, -0.25) is 23.7 Å². The maximum absolute atomic E-state index is 13.5. The van der Waals surface area contributed by atoms with E-state index in [1.807, 2.05) is 4.98 Å². The van der Waals surface area contributed by atoms with Gasteiger partial charge >= 0.3 is 19.4 Å². The smallest absolute Gasteiger partial charge is 0.459 e. The molecule has 0 spiro atoms. The van der Waals surface area contributed by atoms with Crippen molar-refractivity contribution in [1.29, 1.82) is 0 Å². The molecule has 16 heteroatoms. The summed E-state index contributed by atoms with van der Waals surface area (Å²) in [5, 5.41) is 13.1. The van der Waals surface area contributed by atoms with Crippen LogP contribution in [0.4, 0.5) is 4.39 Å². The van der Waals surface area contributed by atoms with Crippen molar-refractivity contribution in [2.75, 3.05) is 13.2 Å². The summed E-state index contributed by atoms with van der Waals surface area (Å²) >= 11 is 9.53. The number of esters is 1. The lowest BCUT2D eigenvalue weighted by Crippen LogP contribution is -2.41. The molecule has 3 rings (SSSR count). The summed E-state index contributed by atoms with van der Waals surface area (Å²) in [6, 6.07) is 4.45. The Morgan fingerprint density at radius 3 is 2.67 bits per heavy atom. The molecule has 0 saturated carbocycles. The fraction of sp³-hybridized carbons (Fsp3) is 0.450. The number of nitrogens with one attached hydrogen (secondary N) is 2. The number of hydrogen-bond acceptors (Lipinski definition) is 9. The van der Waals surface area contributed by atoms with E-state index >= 15 is 0 Å². The Labute approximate surface area is 217 Å². The van der Waals surface area contributed by atoms with Gasteiger partial charge in [0.1, 0.15) is 29.8 Å². The minimum absolute atomic E-state index is 0.0407. The molecule has 12 nitrogen and oxygen atoms in total. The van der Waals surface area contributed by atoms with Gasteiger partial charge in [-0.15, -0.1) is 0 Å². The van der Waals surface area contributed by atoms with E-state index in [0.29, 0.717) is 0 Å². The zero-order valence-electron chi connectivity index (χ0n) is 18.9. The summed E-state index contributed by atoms with van der Waals surface area (Å²) in [5.74, 6) is -1.34. The van der Waals surface area contributed by atoms with Crippen LogP contribution in [0.15, 0.2) is 46.1 Å². The van der Waals surface area contributed by atoms with Crippen molar-refractivity contribution in [2.24, 2.45) is 0 Å². The summed E-state index contributed by atoms with van der Waals surface area (Å²) in [7, 11) is -4.36. The third kappa shape index (κ3) is 6.62. The average Bonchev–Trinajstić information content (AvgIpc) is 3.03. The van der Waals surface area contributed by atoms with E-state index in [1.54, 1.807) is 6.92 Å². The summed E-state index contributed by atoms with van der Waals surface area (Å²) in [6.07, 6.45) is -2.94. The molecule has 3 N–H and O–H groups in total. The zero-order valence-corrected chi connectivity index (χ0v) is 22.2. The lowest BCUT2D eigenvalue weighted by Gasteiger charge is -2.25. The minimum atomic E-state index is -4.36. The number of aromatic nitrogens is 2. The molecule has 0 radical (unpaired) electrons. The van der Waals surface area contributed by atoms with Gasteiger partial charge in [-0.05, 0) is 38.1 Å². The van der Waals surface area contributed by atoms with E-state index in [-0.39, 0.29) is 12.4 Å². The second-order valence-corrected chi connectivity index (χ2v) is 11.7. The molecule has 0 bridgehead atoms. The van der Waals surface area contributed by atoms with Crippen molar-refractivity contribution in [3.63, 3.8) is 0 Å². The predicted molar refractivity (Wildman–Crippen MR) is 129 cm³/mol. The highest BCUT2D eigenvalue weighted by Crippen LogP contribution is 2.50. The third-order valence-corrected chi connectivity index (χ3v) is 7.84. The third-order valence-electron chi connectivity index (χ3n) is 4.92. The maximum atomic E-state index is 13.5. The van der Waals surface area contributed by atoms with E-state index in [0.717, 1.165) is 29.0 Å². The van der Waals surface area contributed by atoms with Gasteiger partial charge in [0.25, 0.3) is 5.56 Å². The number of ether oxygens (including phenoxy) is 2. The Hall–Kier alpha value is -2.06. The van der Waals surface area contributed by atoms with Crippen LogP contribution in [0.25, 0.3) is 0 Å². The standard InChI is InChI=1S/C20H23BrClFN3O9P/c1-3-32-17(29)11(2)25-36(31,35-13-6-4-12(23)5-7-13)33-10-14-16(28)20(21,22)18(34-14)26-9-8-15(27)24-19(26)30/h4-9,11,14,16,18,28H,3,10H2,1-2H3,(H,25,31)(H,24,27,30)/t11-,14+,16+,18+,20-,36+/m0/s1. The first-order valence-corrected chi connectivity index (χ1v) is 13.2. The van der Waals surface area contributed by atoms with Crippen LogP contribution >= 0.6 is 35.3 Å². The average molecular weight is 615 g/mol. The number of nitrogens with zero attached hydrogens (tertiary/aromatic N) is 1. The number of aliphatic hydroxyl groups is 1. The number of H-pyrrole nitrogens is 1. The molecule has 1 aliphatic rings. The van der Waals surface area contributed by atoms with Crippen LogP contribution in [0.2, 0.25) is 0 Å². The van der Waals surface area contributed by atoms with Crippen LogP contribution in [0.5, 0.6) is 5.75 Å². The van der Waals surface area contributed by atoms with E-state index in [1.165, 1.54) is 19.1 Å². The Morgan fingerprint density at radius 1 is 1.39 bits per heavy atom. The molecule has 36 heavy (non-hydrogen) atoms. The number of benzene rings is 1. The number of hydrogen-bond donors (Lipinski definition) is 3. The molecule has 198 valence electrons. The van der Waals surface area contributed by atoms with Crippen molar-refractivity contribution in [3.8, 4) is 5.75 Å². The maximum Gasteiger partial charge on any atom is 0.459 e. The number of carbonyl (C=O) groups excluding carboxylic acids is 1. The van der Waals surface area contributed by atoms with E-state index in [9.17, 15) is 28.4 Å². The first kappa shape index (κ1) is 28.5. The second kappa shape index (κ2) is 11.5. The SMILES string of the molecule is CCOC(=O)[C@H](C)N[P@@](=O)(OC[C@H]1O[C@@H](n2ccc(=O)[nH]c2=O)[C@](Cl)(Br)[C@@H]1O)Oc1ccc(F)cc1. The van der Waals surface area contributed by atoms with E-state index in [4.69, 9.17) is 30.1 Å². The van der Waals surface area contributed by atoms with Crippen molar-refractivity contribution in [1.82, 2.24) is 14.6 Å². The molecular formula is C20H23BrClFN3O9P. The fourth-order valence-electron chi connectivity index (χ4n) is 3.17. The van der Waals surface area contributed by atoms with Gasteiger partial charge in [0, 0.05) is 12.3 Å². The summed E-state index contributed by atoms with van der Waals surface area (Å²) in [5.41, 5.74) is -1.49. The highest BCUT2D eigenvalue weighted by atomic mass is 79.9. The molecule has 2 aromatic rings. The minimum Gasteiger partial charge on any atom is -0.465 e. The Morgan fingerprint density at radius 2 is 2.06 bits per heavy atom. The second-order valence-electron chi connectivity index (χ2n) is 7.60. The number of rotatable bonds is 10. The summed E-state index contributed by atoms with van der Waals surface area (Å²) in [4.78, 5) is 37.7. The molecule has 0 unspecified atom stereocenters. The van der Waals surface area contributed by atoms with Crippen molar-refractivity contribution < 1.29 is 37.4 Å². The Balaban J connectivity index is 1.81. The van der Waals surface area contributed by atoms with E-state index in [2.05, 4.69) is 21.0 Å². The number of halogens is 3. The van der Waals surface area contributed by atoms with Gasteiger partial charge in [0.2, 0.25) is 0 Å². The van der Waals surface area contributed by atoms with Crippen molar-refractivity contribution >= 4 is 41.2 Å². The van der Waals surface area contributed by atoms with Gasteiger partial charge in [-0.2, -0.15) is 5.09 Å². The van der Waals surface area contributed by atoms with Crippen molar-refractivity contribution in [2.45, 2.75) is 42.1 Å². The van der Waals surface area contributed by atoms with E-state index < -0.39 is 65.7 Å². The molecule has 1 saturated heterocycles. The lowest BCUT2D eigenvalue weighted by atomic mass is 10.2. The highest BCUT2D eigenvalue weighted by molar-refractivity contribution is 9.10. The van der Waals surface area contributed by atoms with Crippen LogP contribution in [0.1, 0.15) is 20.1 Å². The van der Waals surface area contributed by atoms with Crippen LogP contribution in [-0.4, -0.2) is 55.9 Å². The molecule has 2 heterocycles. The van der Waals surface area contributed by atoms with Gasteiger partial charge in [-0.25, -0.2) is 13.8 Å². The molecule has 1 aliphatic heterocycles. The normalized spacial score (nSPS) is 26.2. The first-order valence-electron chi connectivity index (χ1n) is 10.5. The number of aliphatic hydroxyl groups excluding tert-OH is 1. The molecule has 1 aromatic heterocycles. The Kier molecular flexibility index (Phi) is 9.15. The molecule has 0 aliphatic carbocycles. The number of alkyl halides is 2. The fourth-order valence-corrected chi connectivity index (χ4v) is 5.59. The highest BCUT2D eigenvalue weighted by Gasteiger charge is 2.55. The van der Waals surface area contributed by atoms with Crippen LogP contribution in [-0.2, 0) is 23.4 Å². The molecule has 1 aromatic carbocycles. The zero-order chi connectivity index (χ0) is 26.7. The van der Waals surface area contributed by atoms with Crippen LogP contribution in [0.3, 0.4) is 0 Å². The molecular weight excluding hydrogens is 592 g/mol. The predicted octanol–water partition coefficient (Wildman–Crippen LogP) is 2.01. The molecule has 6 atom stereocenters. The topological polar surface area (TPSA) is 158 Å². The quantitative estimate of drug-likeness (QED) is 0.205. The largest absolute Gasteiger partial charge is 0.465 e. The number of aromatic amines is 1. The number of carbonyl (C=O) groups is 1. The summed E-state index contributed by atoms with van der Waals surface area (Å²) in [6.45, 7) is 2.45. The van der Waals surface area contributed by atoms with Crippen LogP contribution in [0, 0.1) is 5.82 Å². The van der Waals surface area contributed by atoms with Crippen molar-refractivity contribution in [3.05, 3.63) is 63.2 Å². The summed E-state index contributed by atoms with van der Waals surface area (Å²) < 4.78 is 47.5. The van der Waals surface area contributed by atoms with Gasteiger partial charge in [-0.1, -0.05) is 27.5 Å². The monoisotopic (exact) mass is 613 g/mol. The Bertz CT molecular complexity index is 1240. The lowest BCUT2D eigenvalue weighted by molar-refractivity contribution is -0.144. The van der Waals surface area contributed by atoms with Crippen LogP contribution < -0.4 is 20.9 Å². The van der Waals surface area contributed by atoms with Gasteiger partial charge in [0.15, 0.2) is 10.0 Å².